The lowest BCUT2D eigenvalue weighted by molar-refractivity contribution is -0.00532. The van der Waals surface area contributed by atoms with E-state index in [9.17, 15) is 0 Å². The molecule has 0 aromatic heterocycles. The molecule has 0 spiro atoms. The zero-order valence-corrected chi connectivity index (χ0v) is 13.8. The zero-order chi connectivity index (χ0) is 14.9. The van der Waals surface area contributed by atoms with Gasteiger partial charge in [0, 0.05) is 30.7 Å². The summed E-state index contributed by atoms with van der Waals surface area (Å²) in [4.78, 5) is 2.85. The van der Waals surface area contributed by atoms with Gasteiger partial charge in [-0.25, -0.2) is 0 Å². The summed E-state index contributed by atoms with van der Waals surface area (Å²) in [5.74, 6) is 0.905. The molecule has 116 valence electrons. The van der Waals surface area contributed by atoms with Gasteiger partial charge in [-0.3, -0.25) is 4.90 Å². The molecule has 2 heteroatoms. The summed E-state index contributed by atoms with van der Waals surface area (Å²) in [6, 6.07) is 12.2. The molecule has 1 heterocycles. The van der Waals surface area contributed by atoms with Crippen molar-refractivity contribution in [2.24, 2.45) is 5.92 Å². The van der Waals surface area contributed by atoms with Crippen molar-refractivity contribution in [2.45, 2.75) is 64.1 Å². The Morgan fingerprint density at radius 1 is 1.19 bits per heavy atom. The first kappa shape index (κ1) is 15.1. The first-order valence-electron chi connectivity index (χ1n) is 8.74. The highest BCUT2D eigenvalue weighted by atomic mass is 15.3. The lowest BCUT2D eigenvalue weighted by Gasteiger charge is -2.52. The second-order valence-electron chi connectivity index (χ2n) is 7.10. The topological polar surface area (TPSA) is 15.3 Å². The predicted molar refractivity (Wildman–Crippen MR) is 89.4 cm³/mol. The maximum absolute atomic E-state index is 3.84. The van der Waals surface area contributed by atoms with Gasteiger partial charge in [0.2, 0.25) is 0 Å². The minimum Gasteiger partial charge on any atom is -0.307 e. The summed E-state index contributed by atoms with van der Waals surface area (Å²) in [5, 5.41) is 3.84. The summed E-state index contributed by atoms with van der Waals surface area (Å²) >= 11 is 0. The fourth-order valence-corrected chi connectivity index (χ4v) is 4.19. The highest BCUT2D eigenvalue weighted by molar-refractivity contribution is 5.21. The van der Waals surface area contributed by atoms with Crippen LogP contribution in [0.5, 0.6) is 0 Å². The lowest BCUT2D eigenvalue weighted by Crippen LogP contribution is -2.64. The lowest BCUT2D eigenvalue weighted by atomic mass is 9.85. The maximum Gasteiger partial charge on any atom is 0.0450 e. The van der Waals surface area contributed by atoms with E-state index in [0.717, 1.165) is 25.0 Å². The van der Waals surface area contributed by atoms with Gasteiger partial charge in [0.15, 0.2) is 0 Å². The number of nitrogens with one attached hydrogen (secondary N) is 1. The molecule has 2 aliphatic rings. The van der Waals surface area contributed by atoms with Gasteiger partial charge in [-0.1, -0.05) is 44.2 Å². The molecule has 1 aliphatic carbocycles. The highest BCUT2D eigenvalue weighted by Gasteiger charge is 2.49. The van der Waals surface area contributed by atoms with Gasteiger partial charge >= 0.3 is 0 Å². The molecule has 1 saturated heterocycles. The highest BCUT2D eigenvalue weighted by Crippen LogP contribution is 2.46. The molecule has 0 amide bonds. The Morgan fingerprint density at radius 3 is 2.43 bits per heavy atom. The van der Waals surface area contributed by atoms with E-state index in [1.807, 2.05) is 0 Å². The van der Waals surface area contributed by atoms with Gasteiger partial charge < -0.3 is 5.32 Å². The van der Waals surface area contributed by atoms with Crippen molar-refractivity contribution in [1.29, 1.82) is 0 Å². The van der Waals surface area contributed by atoms with Gasteiger partial charge in [-0.2, -0.15) is 0 Å². The third kappa shape index (κ3) is 2.89. The number of benzene rings is 1. The third-order valence-electron chi connectivity index (χ3n) is 5.78. The fourth-order valence-electron chi connectivity index (χ4n) is 4.19. The number of hydrogen-bond acceptors (Lipinski definition) is 2. The van der Waals surface area contributed by atoms with Crippen LogP contribution in [0, 0.1) is 5.92 Å². The van der Waals surface area contributed by atoms with E-state index in [1.54, 1.807) is 0 Å². The summed E-state index contributed by atoms with van der Waals surface area (Å²) in [7, 11) is 0. The van der Waals surface area contributed by atoms with Crippen LogP contribution in [0.4, 0.5) is 0 Å². The molecule has 3 rings (SSSR count). The molecule has 1 aliphatic heterocycles. The molecule has 1 aromatic rings. The van der Waals surface area contributed by atoms with Gasteiger partial charge in [-0.05, 0) is 44.1 Å². The molecule has 2 nitrogen and oxygen atoms in total. The third-order valence-corrected chi connectivity index (χ3v) is 5.78. The molecule has 0 bridgehead atoms. The fraction of sp³-hybridized carbons (Fsp3) is 0.684. The van der Waals surface area contributed by atoms with Crippen molar-refractivity contribution in [1.82, 2.24) is 10.2 Å². The Balaban J connectivity index is 1.82. The molecule has 2 fully saturated rings. The molecule has 21 heavy (non-hydrogen) atoms. The number of piperazine rings is 1. The second-order valence-corrected chi connectivity index (χ2v) is 7.10. The van der Waals surface area contributed by atoms with Crippen LogP contribution >= 0.6 is 0 Å². The van der Waals surface area contributed by atoms with Crippen molar-refractivity contribution in [3.63, 3.8) is 0 Å². The van der Waals surface area contributed by atoms with Crippen LogP contribution in [0.15, 0.2) is 30.3 Å². The van der Waals surface area contributed by atoms with Crippen molar-refractivity contribution >= 4 is 0 Å². The maximum atomic E-state index is 3.84. The normalized spacial score (nSPS) is 30.8. The van der Waals surface area contributed by atoms with E-state index >= 15 is 0 Å². The van der Waals surface area contributed by atoms with Crippen molar-refractivity contribution < 1.29 is 0 Å². The molecular formula is C19H30N2. The van der Waals surface area contributed by atoms with E-state index in [4.69, 9.17) is 0 Å². The first-order chi connectivity index (χ1) is 10.2. The Hall–Kier alpha value is -0.860. The first-order valence-corrected chi connectivity index (χ1v) is 8.74. The molecular weight excluding hydrogens is 256 g/mol. The molecule has 1 aromatic carbocycles. The molecule has 2 unspecified atom stereocenters. The average Bonchev–Trinajstić information content (AvgIpc) is 3.36. The van der Waals surface area contributed by atoms with E-state index < -0.39 is 0 Å². The quantitative estimate of drug-likeness (QED) is 0.880. The molecule has 0 radical (unpaired) electrons. The summed E-state index contributed by atoms with van der Waals surface area (Å²) in [6.45, 7) is 9.48. The minimum absolute atomic E-state index is 0.363. The van der Waals surface area contributed by atoms with Crippen molar-refractivity contribution in [3.8, 4) is 0 Å². The van der Waals surface area contributed by atoms with Crippen molar-refractivity contribution in [3.05, 3.63) is 35.9 Å². The van der Waals surface area contributed by atoms with Gasteiger partial charge in [0.05, 0.1) is 0 Å². The van der Waals surface area contributed by atoms with Crippen LogP contribution in [0.3, 0.4) is 0 Å². The summed E-state index contributed by atoms with van der Waals surface area (Å²) in [5.41, 5.74) is 1.80. The summed E-state index contributed by atoms with van der Waals surface area (Å²) < 4.78 is 0. The standard InChI is InChI=1S/C19H30N2/c1-4-17(5-2)21-13-18(15-9-7-6-8-10-15)20-14-19(21,3)16-11-12-16/h6-10,16-18,20H,4-5,11-14H2,1-3H3. The second kappa shape index (κ2) is 6.10. The number of hydrogen-bond donors (Lipinski definition) is 1. The zero-order valence-electron chi connectivity index (χ0n) is 13.8. The Labute approximate surface area is 129 Å². The van der Waals surface area contributed by atoms with Crippen LogP contribution in [0.2, 0.25) is 0 Å². The smallest absolute Gasteiger partial charge is 0.0450 e. The van der Waals surface area contributed by atoms with E-state index in [1.165, 1.54) is 31.2 Å². The van der Waals surface area contributed by atoms with Crippen LogP contribution in [-0.2, 0) is 0 Å². The van der Waals surface area contributed by atoms with E-state index in [0.29, 0.717) is 11.6 Å². The van der Waals surface area contributed by atoms with Crippen LogP contribution in [0.1, 0.15) is 58.1 Å². The molecule has 2 atom stereocenters. The predicted octanol–water partition coefficient (Wildman–Crippen LogP) is 3.99. The Kier molecular flexibility index (Phi) is 4.37. The largest absolute Gasteiger partial charge is 0.307 e. The Morgan fingerprint density at radius 2 is 1.86 bits per heavy atom. The van der Waals surface area contributed by atoms with Crippen LogP contribution in [0.25, 0.3) is 0 Å². The molecule has 1 saturated carbocycles. The van der Waals surface area contributed by atoms with E-state index in [-0.39, 0.29) is 0 Å². The monoisotopic (exact) mass is 286 g/mol. The van der Waals surface area contributed by atoms with Crippen molar-refractivity contribution in [2.75, 3.05) is 13.1 Å². The van der Waals surface area contributed by atoms with Crippen LogP contribution in [-0.4, -0.2) is 29.6 Å². The van der Waals surface area contributed by atoms with Gasteiger partial charge in [0.25, 0.3) is 0 Å². The molecule has 1 N–H and O–H groups in total. The van der Waals surface area contributed by atoms with Gasteiger partial charge in [0.1, 0.15) is 0 Å². The van der Waals surface area contributed by atoms with Crippen LogP contribution < -0.4 is 5.32 Å². The number of rotatable bonds is 5. The minimum atomic E-state index is 0.363. The van der Waals surface area contributed by atoms with Gasteiger partial charge in [-0.15, -0.1) is 0 Å². The SMILES string of the molecule is CCC(CC)N1CC(c2ccccc2)NCC1(C)C1CC1. The average molecular weight is 286 g/mol. The van der Waals surface area contributed by atoms with E-state index in [2.05, 4.69) is 61.3 Å². The number of nitrogens with zero attached hydrogens (tertiary/aromatic N) is 1. The summed E-state index contributed by atoms with van der Waals surface area (Å²) in [6.07, 6.45) is 5.37. The Bertz CT molecular complexity index is 450.